The van der Waals surface area contributed by atoms with Gasteiger partial charge in [0, 0.05) is 31.1 Å². The lowest BCUT2D eigenvalue weighted by Crippen LogP contribution is -2.49. The highest BCUT2D eigenvalue weighted by Crippen LogP contribution is 2.44. The van der Waals surface area contributed by atoms with Crippen molar-refractivity contribution in [1.29, 1.82) is 0 Å². The lowest BCUT2D eigenvalue weighted by atomic mass is 9.65. The van der Waals surface area contributed by atoms with Gasteiger partial charge in [-0.3, -0.25) is 9.59 Å². The number of nitrogens with one attached hydrogen (secondary N) is 1. The summed E-state index contributed by atoms with van der Waals surface area (Å²) in [6.45, 7) is 7.38. The van der Waals surface area contributed by atoms with Crippen molar-refractivity contribution in [2.24, 2.45) is 23.2 Å². The summed E-state index contributed by atoms with van der Waals surface area (Å²) >= 11 is 0. The van der Waals surface area contributed by atoms with Crippen molar-refractivity contribution in [2.45, 2.75) is 65.2 Å². The molecular formula is C25H32F6N2O2. The van der Waals surface area contributed by atoms with E-state index in [0.717, 1.165) is 19.3 Å². The fourth-order valence-corrected chi connectivity index (χ4v) is 5.03. The predicted octanol–water partition coefficient (Wildman–Crippen LogP) is 6.16. The van der Waals surface area contributed by atoms with Crippen LogP contribution in [0.4, 0.5) is 26.3 Å². The molecule has 1 unspecified atom stereocenters. The second-order valence-corrected chi connectivity index (χ2v) is 10.8. The molecule has 0 spiro atoms. The van der Waals surface area contributed by atoms with Crippen molar-refractivity contribution < 1.29 is 35.9 Å². The summed E-state index contributed by atoms with van der Waals surface area (Å²) < 4.78 is 78.3. The van der Waals surface area contributed by atoms with Crippen LogP contribution in [0.25, 0.3) is 0 Å². The molecule has 1 aliphatic carbocycles. The van der Waals surface area contributed by atoms with Crippen LogP contribution in [0.1, 0.15) is 74.4 Å². The summed E-state index contributed by atoms with van der Waals surface area (Å²) in [5.74, 6) is -0.510. The Kier molecular flexibility index (Phi) is 7.82. The molecule has 196 valence electrons. The van der Waals surface area contributed by atoms with Gasteiger partial charge in [-0.1, -0.05) is 27.2 Å². The van der Waals surface area contributed by atoms with Gasteiger partial charge in [0.05, 0.1) is 11.1 Å². The van der Waals surface area contributed by atoms with Gasteiger partial charge in [-0.05, 0) is 61.1 Å². The van der Waals surface area contributed by atoms with Crippen LogP contribution in [-0.4, -0.2) is 36.3 Å². The molecule has 1 aromatic carbocycles. The van der Waals surface area contributed by atoms with Crippen LogP contribution < -0.4 is 5.32 Å². The van der Waals surface area contributed by atoms with Crippen LogP contribution in [0, 0.1) is 23.2 Å². The quantitative estimate of drug-likeness (QED) is 0.487. The zero-order chi connectivity index (χ0) is 26.2. The second kappa shape index (κ2) is 10.0. The maximum atomic E-state index is 13.2. The number of hydrogen-bond acceptors (Lipinski definition) is 2. The molecule has 2 fully saturated rings. The molecule has 1 heterocycles. The largest absolute Gasteiger partial charge is 0.416 e. The molecule has 10 heteroatoms. The van der Waals surface area contributed by atoms with Crippen LogP contribution in [0.2, 0.25) is 0 Å². The summed E-state index contributed by atoms with van der Waals surface area (Å²) in [6, 6.07) is 0.857. The monoisotopic (exact) mass is 506 g/mol. The Labute approximate surface area is 201 Å². The fourth-order valence-electron chi connectivity index (χ4n) is 5.03. The number of rotatable bonds is 5. The summed E-state index contributed by atoms with van der Waals surface area (Å²) in [7, 11) is 0. The second-order valence-electron chi connectivity index (χ2n) is 10.8. The number of halogens is 6. The first-order valence-corrected chi connectivity index (χ1v) is 11.9. The molecule has 1 aromatic rings. The van der Waals surface area contributed by atoms with Crippen LogP contribution in [0.3, 0.4) is 0 Å². The first kappa shape index (κ1) is 27.3. The van der Waals surface area contributed by atoms with Gasteiger partial charge < -0.3 is 10.2 Å². The van der Waals surface area contributed by atoms with E-state index < -0.39 is 35.0 Å². The standard InChI is InChI=1S/C25H32F6N2O2/c1-23(2,3)20(16-5-4-6-16)22(35)33-9-7-15(8-10-33)14-32-21(34)17-11-18(24(26,27)28)13-19(12-17)25(29,30)31/h11-13,15-16,20H,4-10,14H2,1-3H3,(H,32,34). The van der Waals surface area contributed by atoms with Crippen LogP contribution in [0.15, 0.2) is 18.2 Å². The molecule has 35 heavy (non-hydrogen) atoms. The number of piperidine rings is 1. The van der Waals surface area contributed by atoms with Gasteiger partial charge in [0.1, 0.15) is 0 Å². The van der Waals surface area contributed by atoms with Crippen molar-refractivity contribution in [1.82, 2.24) is 10.2 Å². The molecule has 0 bridgehead atoms. The molecule has 2 amide bonds. The van der Waals surface area contributed by atoms with E-state index in [9.17, 15) is 35.9 Å². The number of hydrogen-bond donors (Lipinski definition) is 1. The molecule has 0 radical (unpaired) electrons. The Hall–Kier alpha value is -2.26. The SMILES string of the molecule is CC(C)(C)C(C(=O)N1CCC(CNC(=O)c2cc(C(F)(F)F)cc(C(F)(F)F)c2)CC1)C1CCC1. The molecule has 1 atom stereocenters. The minimum absolute atomic E-state index is 0.00201. The van der Waals surface area contributed by atoms with Gasteiger partial charge in [0.25, 0.3) is 5.91 Å². The van der Waals surface area contributed by atoms with Gasteiger partial charge >= 0.3 is 12.4 Å². The van der Waals surface area contributed by atoms with Crippen molar-refractivity contribution >= 4 is 11.8 Å². The number of carbonyl (C=O) groups excluding carboxylic acids is 2. The number of carbonyl (C=O) groups is 2. The van der Waals surface area contributed by atoms with Gasteiger partial charge in [0.15, 0.2) is 0 Å². The number of likely N-dealkylation sites (tertiary alicyclic amines) is 1. The minimum Gasteiger partial charge on any atom is -0.352 e. The highest BCUT2D eigenvalue weighted by Gasteiger charge is 2.43. The maximum absolute atomic E-state index is 13.2. The molecule has 0 aromatic heterocycles. The summed E-state index contributed by atoms with van der Waals surface area (Å²) in [5, 5.41) is 2.48. The maximum Gasteiger partial charge on any atom is 0.416 e. The third-order valence-electron chi connectivity index (χ3n) is 7.15. The van der Waals surface area contributed by atoms with E-state index in [4.69, 9.17) is 0 Å². The molecule has 1 N–H and O–H groups in total. The topological polar surface area (TPSA) is 49.4 Å². The van der Waals surface area contributed by atoms with E-state index in [1.807, 2.05) is 4.90 Å². The van der Waals surface area contributed by atoms with E-state index in [0.29, 0.717) is 44.0 Å². The Balaban J connectivity index is 1.59. The van der Waals surface area contributed by atoms with E-state index in [1.54, 1.807) is 0 Å². The number of amides is 2. The third-order valence-corrected chi connectivity index (χ3v) is 7.15. The van der Waals surface area contributed by atoms with Crippen LogP contribution in [-0.2, 0) is 17.1 Å². The van der Waals surface area contributed by atoms with Crippen molar-refractivity contribution in [3.05, 3.63) is 34.9 Å². The summed E-state index contributed by atoms with van der Waals surface area (Å²) in [5.41, 5.74) is -3.88. The van der Waals surface area contributed by atoms with Crippen LogP contribution in [0.5, 0.6) is 0 Å². The van der Waals surface area contributed by atoms with Gasteiger partial charge in [-0.2, -0.15) is 26.3 Å². The van der Waals surface area contributed by atoms with Crippen LogP contribution >= 0.6 is 0 Å². The number of alkyl halides is 6. The molecule has 1 saturated carbocycles. The van der Waals surface area contributed by atoms with Gasteiger partial charge in [0.2, 0.25) is 5.91 Å². The van der Waals surface area contributed by atoms with E-state index in [1.165, 1.54) is 0 Å². The first-order valence-electron chi connectivity index (χ1n) is 11.9. The van der Waals surface area contributed by atoms with E-state index >= 15 is 0 Å². The average molecular weight is 507 g/mol. The fraction of sp³-hybridized carbons (Fsp3) is 0.680. The zero-order valence-electron chi connectivity index (χ0n) is 20.2. The lowest BCUT2D eigenvalue weighted by molar-refractivity contribution is -0.145. The first-order chi connectivity index (χ1) is 16.1. The molecule has 4 nitrogen and oxygen atoms in total. The van der Waals surface area contributed by atoms with Crippen molar-refractivity contribution in [3.8, 4) is 0 Å². The number of nitrogens with zero attached hydrogens (tertiary/aromatic N) is 1. The Bertz CT molecular complexity index is 891. The van der Waals surface area contributed by atoms with Crippen molar-refractivity contribution in [3.63, 3.8) is 0 Å². The smallest absolute Gasteiger partial charge is 0.352 e. The molecule has 2 aliphatic rings. The Morgan fingerprint density at radius 1 is 0.914 bits per heavy atom. The zero-order valence-corrected chi connectivity index (χ0v) is 20.2. The highest BCUT2D eigenvalue weighted by atomic mass is 19.4. The summed E-state index contributed by atoms with van der Waals surface area (Å²) in [6.07, 6.45) is -5.57. The normalized spacial score (nSPS) is 19.3. The molecule has 3 rings (SSSR count). The average Bonchev–Trinajstić information content (AvgIpc) is 2.72. The van der Waals surface area contributed by atoms with Gasteiger partial charge in [-0.25, -0.2) is 0 Å². The third kappa shape index (κ3) is 6.70. The molecule has 1 aliphatic heterocycles. The van der Waals surface area contributed by atoms with Gasteiger partial charge in [-0.15, -0.1) is 0 Å². The molecular weight excluding hydrogens is 474 g/mol. The van der Waals surface area contributed by atoms with Crippen molar-refractivity contribution in [2.75, 3.05) is 19.6 Å². The Morgan fingerprint density at radius 3 is 1.83 bits per heavy atom. The van der Waals surface area contributed by atoms with E-state index in [-0.39, 0.29) is 35.8 Å². The number of benzene rings is 1. The summed E-state index contributed by atoms with van der Waals surface area (Å²) in [4.78, 5) is 27.5. The molecule has 1 saturated heterocycles. The minimum atomic E-state index is -5.01. The highest BCUT2D eigenvalue weighted by molar-refractivity contribution is 5.94. The lowest BCUT2D eigenvalue weighted by Gasteiger charge is -2.44. The van der Waals surface area contributed by atoms with E-state index in [2.05, 4.69) is 26.1 Å². The predicted molar refractivity (Wildman–Crippen MR) is 118 cm³/mol. The Morgan fingerprint density at radius 2 is 1.43 bits per heavy atom.